The molecule has 0 saturated carbocycles. The molecule has 0 amide bonds. The lowest BCUT2D eigenvalue weighted by Gasteiger charge is -2.02. The Morgan fingerprint density at radius 1 is 1.26 bits per heavy atom. The van der Waals surface area contributed by atoms with E-state index >= 15 is 0 Å². The molecule has 0 radical (unpaired) electrons. The van der Waals surface area contributed by atoms with Gasteiger partial charge in [0, 0.05) is 38.9 Å². The van der Waals surface area contributed by atoms with Crippen LogP contribution >= 0.6 is 0 Å². The first-order valence-corrected chi connectivity index (χ1v) is 6.64. The molecule has 0 aromatic carbocycles. The highest BCUT2D eigenvalue weighted by Gasteiger charge is 2.08. The number of nitrogens with zero attached hydrogens (tertiary/aromatic N) is 4. The van der Waals surface area contributed by atoms with Gasteiger partial charge in [0.2, 0.25) is 0 Å². The Kier molecular flexibility index (Phi) is 5.03. The molecule has 102 valence electrons. The summed E-state index contributed by atoms with van der Waals surface area (Å²) in [6.45, 7) is 3.60. The van der Waals surface area contributed by atoms with E-state index in [2.05, 4.69) is 28.1 Å². The summed E-state index contributed by atoms with van der Waals surface area (Å²) in [5.74, 6) is 1.90. The summed E-state index contributed by atoms with van der Waals surface area (Å²) in [5, 5.41) is 4.49. The quantitative estimate of drug-likeness (QED) is 0.760. The van der Waals surface area contributed by atoms with Crippen molar-refractivity contribution in [1.82, 2.24) is 19.7 Å². The smallest absolute Gasteiger partial charge is 0.153 e. The van der Waals surface area contributed by atoms with Gasteiger partial charge in [-0.25, -0.2) is 4.98 Å². The molecule has 0 saturated heterocycles. The zero-order chi connectivity index (χ0) is 13.5. The van der Waals surface area contributed by atoms with E-state index < -0.39 is 0 Å². The first-order chi connectivity index (χ1) is 9.33. The summed E-state index contributed by atoms with van der Waals surface area (Å²) in [4.78, 5) is 8.71. The average Bonchev–Trinajstić information content (AvgIpc) is 2.86. The minimum Gasteiger partial charge on any atom is -0.384 e. The van der Waals surface area contributed by atoms with E-state index in [0.717, 1.165) is 37.5 Å². The van der Waals surface area contributed by atoms with Crippen LogP contribution in [0, 0.1) is 0 Å². The van der Waals surface area contributed by atoms with Crippen molar-refractivity contribution in [2.24, 2.45) is 0 Å². The Bertz CT molecular complexity index is 495. The van der Waals surface area contributed by atoms with E-state index in [1.54, 1.807) is 13.3 Å². The number of rotatable bonds is 7. The van der Waals surface area contributed by atoms with Gasteiger partial charge in [0.15, 0.2) is 5.82 Å². The third-order valence-electron chi connectivity index (χ3n) is 2.98. The number of hydrogen-bond acceptors (Lipinski definition) is 4. The topological polar surface area (TPSA) is 52.8 Å². The maximum atomic E-state index is 5.06. The summed E-state index contributed by atoms with van der Waals surface area (Å²) in [6.07, 6.45) is 6.29. The van der Waals surface area contributed by atoms with E-state index in [1.165, 1.54) is 5.56 Å². The van der Waals surface area contributed by atoms with Crippen LogP contribution in [0.4, 0.5) is 0 Å². The summed E-state index contributed by atoms with van der Waals surface area (Å²) in [5.41, 5.74) is 1.23. The third kappa shape index (κ3) is 3.86. The summed E-state index contributed by atoms with van der Waals surface area (Å²) in [7, 11) is 1.69. The predicted molar refractivity (Wildman–Crippen MR) is 72.9 cm³/mol. The minimum absolute atomic E-state index is 0.662. The van der Waals surface area contributed by atoms with Crippen LogP contribution in [-0.2, 0) is 30.5 Å². The number of ether oxygens (including phenoxy) is 1. The lowest BCUT2D eigenvalue weighted by atomic mass is 10.1. The van der Waals surface area contributed by atoms with E-state index in [9.17, 15) is 0 Å². The number of methoxy groups -OCH3 is 1. The zero-order valence-electron chi connectivity index (χ0n) is 11.5. The Morgan fingerprint density at radius 2 is 2.16 bits per heavy atom. The molecule has 0 aliphatic rings. The van der Waals surface area contributed by atoms with Crippen LogP contribution in [0.15, 0.2) is 24.5 Å². The van der Waals surface area contributed by atoms with Gasteiger partial charge in [0.25, 0.3) is 0 Å². The van der Waals surface area contributed by atoms with Crippen LogP contribution in [0.1, 0.15) is 24.1 Å². The second-order valence-corrected chi connectivity index (χ2v) is 4.36. The molecule has 0 bridgehead atoms. The molecule has 2 aromatic heterocycles. The zero-order valence-corrected chi connectivity index (χ0v) is 11.5. The van der Waals surface area contributed by atoms with Crippen molar-refractivity contribution in [1.29, 1.82) is 0 Å². The maximum Gasteiger partial charge on any atom is 0.153 e. The first-order valence-electron chi connectivity index (χ1n) is 6.64. The molecule has 2 rings (SSSR count). The predicted octanol–water partition coefficient (Wildman–Crippen LogP) is 1.67. The number of aromatic nitrogens is 4. The first kappa shape index (κ1) is 13.7. The Morgan fingerprint density at radius 3 is 2.84 bits per heavy atom. The largest absolute Gasteiger partial charge is 0.384 e. The van der Waals surface area contributed by atoms with Crippen LogP contribution in [0.3, 0.4) is 0 Å². The van der Waals surface area contributed by atoms with Gasteiger partial charge in [-0.05, 0) is 25.0 Å². The second kappa shape index (κ2) is 6.99. The minimum atomic E-state index is 0.662. The monoisotopic (exact) mass is 260 g/mol. The van der Waals surface area contributed by atoms with Crippen molar-refractivity contribution < 1.29 is 4.74 Å². The van der Waals surface area contributed by atoms with Gasteiger partial charge in [0.05, 0.1) is 6.61 Å². The Balaban J connectivity index is 2.00. The van der Waals surface area contributed by atoms with Crippen LogP contribution in [-0.4, -0.2) is 33.5 Å². The van der Waals surface area contributed by atoms with Gasteiger partial charge in [-0.2, -0.15) is 5.10 Å². The molecule has 0 aliphatic carbocycles. The highest BCUT2D eigenvalue weighted by molar-refractivity contribution is 5.10. The van der Waals surface area contributed by atoms with Crippen molar-refractivity contribution in [2.45, 2.75) is 32.7 Å². The molecular weight excluding hydrogens is 240 g/mol. The Labute approximate surface area is 113 Å². The molecule has 0 aliphatic heterocycles. The van der Waals surface area contributed by atoms with Crippen molar-refractivity contribution in [2.75, 3.05) is 13.7 Å². The molecule has 0 N–H and O–H groups in total. The molecule has 5 heteroatoms. The van der Waals surface area contributed by atoms with Crippen LogP contribution in [0.5, 0.6) is 0 Å². The standard InChI is InChI=1S/C14H20N4O/c1-3-18-14(16-13(17-18)8-10-19-2)7-6-12-5-4-9-15-11-12/h4-5,9,11H,3,6-8,10H2,1-2H3. The molecular formula is C14H20N4O. The summed E-state index contributed by atoms with van der Waals surface area (Å²) >= 11 is 0. The summed E-state index contributed by atoms with van der Waals surface area (Å²) < 4.78 is 7.03. The lowest BCUT2D eigenvalue weighted by molar-refractivity contribution is 0.200. The lowest BCUT2D eigenvalue weighted by Crippen LogP contribution is -2.05. The highest BCUT2D eigenvalue weighted by Crippen LogP contribution is 2.06. The maximum absolute atomic E-state index is 5.06. The normalized spacial score (nSPS) is 10.8. The second-order valence-electron chi connectivity index (χ2n) is 4.36. The fourth-order valence-corrected chi connectivity index (χ4v) is 1.97. The summed E-state index contributed by atoms with van der Waals surface area (Å²) in [6, 6.07) is 4.05. The molecule has 0 unspecified atom stereocenters. The fourth-order valence-electron chi connectivity index (χ4n) is 1.97. The fraction of sp³-hybridized carbons (Fsp3) is 0.500. The van der Waals surface area contributed by atoms with Crippen LogP contribution in [0.2, 0.25) is 0 Å². The molecule has 0 atom stereocenters. The van der Waals surface area contributed by atoms with E-state index in [0.29, 0.717) is 6.61 Å². The van der Waals surface area contributed by atoms with Gasteiger partial charge < -0.3 is 4.74 Å². The SMILES string of the molecule is CCn1nc(CCOC)nc1CCc1cccnc1. The van der Waals surface area contributed by atoms with Crippen molar-refractivity contribution in [3.05, 3.63) is 41.7 Å². The third-order valence-corrected chi connectivity index (χ3v) is 2.98. The number of hydrogen-bond donors (Lipinski definition) is 0. The molecule has 2 aromatic rings. The molecule has 2 heterocycles. The molecule has 5 nitrogen and oxygen atoms in total. The van der Waals surface area contributed by atoms with Crippen molar-refractivity contribution >= 4 is 0 Å². The number of aryl methyl sites for hydroxylation is 3. The van der Waals surface area contributed by atoms with E-state index in [1.807, 2.05) is 16.9 Å². The van der Waals surface area contributed by atoms with Gasteiger partial charge in [-0.3, -0.25) is 9.67 Å². The molecule has 0 spiro atoms. The average molecular weight is 260 g/mol. The molecule has 0 fully saturated rings. The molecule has 19 heavy (non-hydrogen) atoms. The van der Waals surface area contributed by atoms with E-state index in [4.69, 9.17) is 4.74 Å². The van der Waals surface area contributed by atoms with Crippen molar-refractivity contribution in [3.63, 3.8) is 0 Å². The van der Waals surface area contributed by atoms with Crippen LogP contribution < -0.4 is 0 Å². The van der Waals surface area contributed by atoms with Gasteiger partial charge in [0.1, 0.15) is 5.82 Å². The van der Waals surface area contributed by atoms with Crippen LogP contribution in [0.25, 0.3) is 0 Å². The van der Waals surface area contributed by atoms with Gasteiger partial charge >= 0.3 is 0 Å². The van der Waals surface area contributed by atoms with Gasteiger partial charge in [-0.15, -0.1) is 0 Å². The van der Waals surface area contributed by atoms with Crippen molar-refractivity contribution in [3.8, 4) is 0 Å². The van der Waals surface area contributed by atoms with Gasteiger partial charge in [-0.1, -0.05) is 6.07 Å². The Hall–Kier alpha value is -1.75. The highest BCUT2D eigenvalue weighted by atomic mass is 16.5. The number of pyridine rings is 1. The van der Waals surface area contributed by atoms with E-state index in [-0.39, 0.29) is 0 Å².